The van der Waals surface area contributed by atoms with Gasteiger partial charge in [0.05, 0.1) is 0 Å². The predicted octanol–water partition coefficient (Wildman–Crippen LogP) is 22.1. The van der Waals surface area contributed by atoms with Crippen LogP contribution in [0.2, 0.25) is 0 Å². The fourth-order valence-corrected chi connectivity index (χ4v) is 8.31. The Kier molecular flexibility index (Phi) is 61.4. The molecule has 79 heavy (non-hydrogen) atoms. The van der Waals surface area contributed by atoms with Gasteiger partial charge >= 0.3 is 17.9 Å². The first-order valence-electron chi connectivity index (χ1n) is 32.0. The number of allylic oxidation sites excluding steroid dienone is 26. The lowest BCUT2D eigenvalue weighted by molar-refractivity contribution is -0.167. The van der Waals surface area contributed by atoms with Gasteiger partial charge in [-0.3, -0.25) is 14.4 Å². The first-order valence-corrected chi connectivity index (χ1v) is 32.0. The first kappa shape index (κ1) is 74.0. The highest BCUT2D eigenvalue weighted by Crippen LogP contribution is 2.14. The molecule has 0 radical (unpaired) electrons. The third-order valence-corrected chi connectivity index (χ3v) is 13.0. The molecule has 0 rings (SSSR count). The maximum atomic E-state index is 12.9. The van der Waals surface area contributed by atoms with Crippen LogP contribution in [0.4, 0.5) is 0 Å². The summed E-state index contributed by atoms with van der Waals surface area (Å²) in [5.74, 6) is -0.945. The second-order valence-electron chi connectivity index (χ2n) is 20.6. The van der Waals surface area contributed by atoms with Crippen molar-refractivity contribution in [2.45, 2.75) is 271 Å². The average molecular weight is 1090 g/mol. The molecule has 0 fully saturated rings. The summed E-state index contributed by atoms with van der Waals surface area (Å²) < 4.78 is 16.8. The lowest BCUT2D eigenvalue weighted by Crippen LogP contribution is -2.30. The smallest absolute Gasteiger partial charge is 0.306 e. The number of rotatable bonds is 56. The summed E-state index contributed by atoms with van der Waals surface area (Å²) >= 11 is 0. The Morgan fingerprint density at radius 2 is 0.494 bits per heavy atom. The van der Waals surface area contributed by atoms with Crippen molar-refractivity contribution in [3.63, 3.8) is 0 Å². The van der Waals surface area contributed by atoms with Gasteiger partial charge in [-0.15, -0.1) is 0 Å². The van der Waals surface area contributed by atoms with Crippen LogP contribution in [0.25, 0.3) is 0 Å². The van der Waals surface area contributed by atoms with E-state index in [0.29, 0.717) is 12.8 Å². The van der Waals surface area contributed by atoms with Crippen LogP contribution in [0.3, 0.4) is 0 Å². The van der Waals surface area contributed by atoms with E-state index in [1.807, 2.05) is 0 Å². The van der Waals surface area contributed by atoms with E-state index < -0.39 is 6.10 Å². The minimum absolute atomic E-state index is 0.0979. The van der Waals surface area contributed by atoms with Crippen molar-refractivity contribution in [1.82, 2.24) is 0 Å². The van der Waals surface area contributed by atoms with Crippen molar-refractivity contribution in [2.75, 3.05) is 13.2 Å². The summed E-state index contributed by atoms with van der Waals surface area (Å²) in [5, 5.41) is 0. The minimum Gasteiger partial charge on any atom is -0.462 e. The number of hydrogen-bond donors (Lipinski definition) is 0. The van der Waals surface area contributed by atoms with Crippen molar-refractivity contribution < 1.29 is 28.6 Å². The number of esters is 3. The lowest BCUT2D eigenvalue weighted by atomic mass is 10.1. The highest BCUT2D eigenvalue weighted by molar-refractivity contribution is 5.71. The lowest BCUT2D eigenvalue weighted by Gasteiger charge is -2.18. The van der Waals surface area contributed by atoms with Gasteiger partial charge in [0.1, 0.15) is 13.2 Å². The molecule has 0 amide bonds. The van der Waals surface area contributed by atoms with Gasteiger partial charge in [0.15, 0.2) is 6.10 Å². The molecule has 0 spiro atoms. The van der Waals surface area contributed by atoms with E-state index >= 15 is 0 Å². The van der Waals surface area contributed by atoms with Crippen LogP contribution in [0.1, 0.15) is 265 Å². The molecule has 0 aromatic heterocycles. The monoisotopic (exact) mass is 1090 g/mol. The van der Waals surface area contributed by atoms with Crippen molar-refractivity contribution in [3.8, 4) is 0 Å². The summed E-state index contributed by atoms with van der Waals surface area (Å²) in [6.07, 6.45) is 95.4. The summed E-state index contributed by atoms with van der Waals surface area (Å²) in [6.45, 7) is 6.35. The Morgan fingerprint density at radius 3 is 0.785 bits per heavy atom. The molecule has 0 bridgehead atoms. The van der Waals surface area contributed by atoms with E-state index in [4.69, 9.17) is 14.2 Å². The van der Waals surface area contributed by atoms with Crippen molar-refractivity contribution in [1.29, 1.82) is 0 Å². The summed E-state index contributed by atoms with van der Waals surface area (Å²) in [6, 6.07) is 0. The molecule has 0 aromatic rings. The molecule has 6 heteroatoms. The van der Waals surface area contributed by atoms with Crippen molar-refractivity contribution >= 4 is 17.9 Å². The zero-order valence-electron chi connectivity index (χ0n) is 50.8. The van der Waals surface area contributed by atoms with Gasteiger partial charge in [-0.1, -0.05) is 275 Å². The molecular formula is C73H116O6. The van der Waals surface area contributed by atoms with Crippen molar-refractivity contribution in [3.05, 3.63) is 158 Å². The second kappa shape index (κ2) is 65.5. The second-order valence-corrected chi connectivity index (χ2v) is 20.6. The third kappa shape index (κ3) is 63.7. The Morgan fingerprint density at radius 1 is 0.266 bits per heavy atom. The van der Waals surface area contributed by atoms with E-state index in [9.17, 15) is 14.4 Å². The zero-order valence-corrected chi connectivity index (χ0v) is 50.8. The maximum absolute atomic E-state index is 12.9. The molecule has 444 valence electrons. The standard InChI is InChI=1S/C73H116O6/c1-4-7-10-13-16-19-21-23-25-27-29-30-31-32-33-34-35-36-37-38-39-40-41-42-44-45-47-49-51-54-57-60-63-66-72(75)78-69-70(68-77-71(74)65-62-59-56-53-18-15-12-9-6-3)79-73(76)67-64-61-58-55-52-50-48-46-43-28-26-24-22-20-17-14-11-8-5-2/h7-8,10-11,16-17,19-20,23-26,29-30,32-33,35-36,38-39,41-43,46,50,52,70H,4-6,9,12-15,18,21-22,27-28,31,34,37,40,44-45,47-49,51,53-69H2,1-3H3/b10-7-,11-8-,19-16-,20-17-,25-23-,26-24-,30-29-,33-32-,36-35-,39-38-,42-41-,46-43-,52-50-. The quantitative estimate of drug-likeness (QED) is 0.0261. The largest absolute Gasteiger partial charge is 0.462 e. The molecular weight excluding hydrogens is 973 g/mol. The Balaban J connectivity index is 4.28. The van der Waals surface area contributed by atoms with E-state index in [2.05, 4.69) is 179 Å². The third-order valence-electron chi connectivity index (χ3n) is 13.0. The molecule has 0 aromatic carbocycles. The Bertz CT molecular complexity index is 1780. The van der Waals surface area contributed by atoms with Crippen LogP contribution in [0, 0.1) is 0 Å². The molecule has 0 aliphatic heterocycles. The fraction of sp³-hybridized carbons (Fsp3) is 0.603. The maximum Gasteiger partial charge on any atom is 0.306 e. The van der Waals surface area contributed by atoms with Gasteiger partial charge in [-0.2, -0.15) is 0 Å². The minimum atomic E-state index is -0.804. The molecule has 0 N–H and O–H groups in total. The summed E-state index contributed by atoms with van der Waals surface area (Å²) in [5.41, 5.74) is 0. The van der Waals surface area contributed by atoms with Crippen LogP contribution in [0.15, 0.2) is 158 Å². The molecule has 0 aliphatic carbocycles. The first-order chi connectivity index (χ1) is 39.0. The number of carbonyl (C=O) groups excluding carboxylic acids is 3. The van der Waals surface area contributed by atoms with E-state index in [-0.39, 0.29) is 37.5 Å². The molecule has 1 atom stereocenters. The topological polar surface area (TPSA) is 78.9 Å². The number of carbonyl (C=O) groups is 3. The Hall–Kier alpha value is -4.97. The van der Waals surface area contributed by atoms with Gasteiger partial charge in [0.2, 0.25) is 0 Å². The number of ether oxygens (including phenoxy) is 3. The van der Waals surface area contributed by atoms with Gasteiger partial charge < -0.3 is 14.2 Å². The average Bonchev–Trinajstić information content (AvgIpc) is 3.45. The molecule has 1 unspecified atom stereocenters. The van der Waals surface area contributed by atoms with E-state index in [1.165, 1.54) is 70.6 Å². The van der Waals surface area contributed by atoms with E-state index in [0.717, 1.165) is 154 Å². The zero-order chi connectivity index (χ0) is 57.1. The molecule has 0 saturated heterocycles. The molecule has 6 nitrogen and oxygen atoms in total. The molecule has 0 aliphatic rings. The normalized spacial score (nSPS) is 13.2. The van der Waals surface area contributed by atoms with Crippen LogP contribution in [-0.4, -0.2) is 37.2 Å². The van der Waals surface area contributed by atoms with Gasteiger partial charge in [0.25, 0.3) is 0 Å². The predicted molar refractivity (Wildman–Crippen MR) is 343 cm³/mol. The highest BCUT2D eigenvalue weighted by atomic mass is 16.6. The fourth-order valence-electron chi connectivity index (χ4n) is 8.31. The SMILES string of the molecule is CC/C=C\C/C=C\C/C=C\C/C=C\C/C=C\C/C=C\C/C=C\C/C=C\CCCCCCCCCCC(=O)OCC(COC(=O)CCCCCCCCCCC)OC(=O)CCCCC/C=C\C/C=C\C/C=C\C/C=C\C/C=C\CC. The molecule has 0 heterocycles. The number of unbranched alkanes of at least 4 members (excludes halogenated alkanes) is 19. The van der Waals surface area contributed by atoms with Gasteiger partial charge in [-0.05, 0) is 128 Å². The van der Waals surface area contributed by atoms with Crippen LogP contribution < -0.4 is 0 Å². The van der Waals surface area contributed by atoms with Crippen molar-refractivity contribution in [2.24, 2.45) is 0 Å². The Labute approximate surface area is 486 Å². The van der Waals surface area contributed by atoms with Gasteiger partial charge in [-0.25, -0.2) is 0 Å². The highest BCUT2D eigenvalue weighted by Gasteiger charge is 2.19. The van der Waals surface area contributed by atoms with Crippen LogP contribution in [0.5, 0.6) is 0 Å². The van der Waals surface area contributed by atoms with E-state index in [1.54, 1.807) is 0 Å². The molecule has 0 saturated carbocycles. The number of hydrogen-bond acceptors (Lipinski definition) is 6. The van der Waals surface area contributed by atoms with Gasteiger partial charge in [0, 0.05) is 19.3 Å². The summed E-state index contributed by atoms with van der Waals surface area (Å²) in [4.78, 5) is 38.2. The van der Waals surface area contributed by atoms with Crippen LogP contribution >= 0.6 is 0 Å². The summed E-state index contributed by atoms with van der Waals surface area (Å²) in [7, 11) is 0. The van der Waals surface area contributed by atoms with Crippen LogP contribution in [-0.2, 0) is 28.6 Å².